The predicted molar refractivity (Wildman–Crippen MR) is 127 cm³/mol. The molecule has 0 atom stereocenters. The van der Waals surface area contributed by atoms with Gasteiger partial charge in [0.15, 0.2) is 0 Å². The molecule has 2 heterocycles. The molecule has 2 aromatic heterocycles. The average molecular weight is 498 g/mol. The first kappa shape index (κ1) is 30.3. The van der Waals surface area contributed by atoms with Gasteiger partial charge in [0, 0.05) is 41.4 Å². The monoisotopic (exact) mass is 496 g/mol. The molecule has 0 unspecified atom stereocenters. The van der Waals surface area contributed by atoms with Crippen LogP contribution in [0.5, 0.6) is 0 Å². The van der Waals surface area contributed by atoms with Gasteiger partial charge in [0.25, 0.3) is 0 Å². The maximum atomic E-state index is 8.69. The van der Waals surface area contributed by atoms with Gasteiger partial charge in [-0.2, -0.15) is 0 Å². The smallest absolute Gasteiger partial charge is 0.104 e. The van der Waals surface area contributed by atoms with Crippen LogP contribution < -0.4 is 0 Å². The van der Waals surface area contributed by atoms with Gasteiger partial charge in [-0.15, -0.1) is 18.8 Å². The lowest BCUT2D eigenvalue weighted by molar-refractivity contribution is 0.190. The number of aromatic nitrogens is 2. The third-order valence-corrected chi connectivity index (χ3v) is 4.23. The van der Waals surface area contributed by atoms with Crippen LogP contribution in [-0.2, 0) is 0 Å². The number of hydrogen-bond acceptors (Lipinski definition) is 5. The second kappa shape index (κ2) is 23.3. The molecule has 7 heteroatoms. The second-order valence-electron chi connectivity index (χ2n) is 5.91. The Hall–Kier alpha value is -1.93. The Morgan fingerprint density at radius 3 is 1.73 bits per heavy atom. The summed E-state index contributed by atoms with van der Waals surface area (Å²) in [5.41, 5.74) is 0.879. The third-order valence-electron chi connectivity index (χ3n) is 3.71. The van der Waals surface area contributed by atoms with Gasteiger partial charge in [0.2, 0.25) is 0 Å². The lowest BCUT2D eigenvalue weighted by atomic mass is 9.90. The highest BCUT2D eigenvalue weighted by molar-refractivity contribution is 9.10. The molecule has 1 fully saturated rings. The van der Waals surface area contributed by atoms with Crippen LogP contribution in [0.15, 0.2) is 53.5 Å². The van der Waals surface area contributed by atoms with E-state index >= 15 is 0 Å². The lowest BCUT2D eigenvalue weighted by Gasteiger charge is -2.18. The van der Waals surface area contributed by atoms with Crippen molar-refractivity contribution in [2.45, 2.75) is 32.1 Å². The van der Waals surface area contributed by atoms with Crippen molar-refractivity contribution < 1.29 is 15.3 Å². The SMILES string of the molecule is Brc1ccncc1.C#CCO.Cl.OCC#Cc1ccncc1.OCC1CCCCC1. The molecule has 3 N–H and O–H groups in total. The zero-order chi connectivity index (χ0) is 21.6. The fourth-order valence-electron chi connectivity index (χ4n) is 2.28. The van der Waals surface area contributed by atoms with Crippen LogP contribution in [0.1, 0.15) is 37.7 Å². The van der Waals surface area contributed by atoms with Gasteiger partial charge < -0.3 is 15.3 Å². The van der Waals surface area contributed by atoms with Crippen molar-refractivity contribution in [3.63, 3.8) is 0 Å². The molecule has 1 aliphatic rings. The van der Waals surface area contributed by atoms with Gasteiger partial charge in [0.1, 0.15) is 13.2 Å². The Balaban J connectivity index is 0. The summed E-state index contributed by atoms with van der Waals surface area (Å²) in [4.78, 5) is 7.64. The van der Waals surface area contributed by atoms with Crippen molar-refractivity contribution in [3.8, 4) is 24.2 Å². The van der Waals surface area contributed by atoms with Crippen LogP contribution in [0.2, 0.25) is 0 Å². The van der Waals surface area contributed by atoms with E-state index in [9.17, 15) is 0 Å². The van der Waals surface area contributed by atoms with E-state index in [0.717, 1.165) is 10.0 Å². The second-order valence-corrected chi connectivity index (χ2v) is 6.83. The molecule has 1 aliphatic carbocycles. The number of terminal acetylenes is 1. The van der Waals surface area contributed by atoms with Crippen LogP contribution in [0, 0.1) is 30.1 Å². The summed E-state index contributed by atoms with van der Waals surface area (Å²) in [5.74, 6) is 7.93. The highest BCUT2D eigenvalue weighted by Crippen LogP contribution is 2.22. The summed E-state index contributed by atoms with van der Waals surface area (Å²) < 4.78 is 1.07. The summed E-state index contributed by atoms with van der Waals surface area (Å²) in [6, 6.07) is 7.37. The molecule has 30 heavy (non-hydrogen) atoms. The molecule has 164 valence electrons. The molecule has 1 saturated carbocycles. The molecule has 0 spiro atoms. The van der Waals surface area contributed by atoms with Crippen LogP contribution in [0.25, 0.3) is 0 Å². The Morgan fingerprint density at radius 1 is 0.900 bits per heavy atom. The molecule has 0 saturated heterocycles. The highest BCUT2D eigenvalue weighted by atomic mass is 79.9. The quantitative estimate of drug-likeness (QED) is 0.521. The number of halogens is 2. The van der Waals surface area contributed by atoms with Crippen molar-refractivity contribution in [3.05, 3.63) is 59.1 Å². The Morgan fingerprint density at radius 2 is 1.40 bits per heavy atom. The zero-order valence-electron chi connectivity index (χ0n) is 17.0. The maximum absolute atomic E-state index is 8.69. The standard InChI is InChI=1S/C8H7NO.C7H14O.C5H4BrN.C3H4O.ClH/c10-7-1-2-8-3-5-9-6-4-8;8-6-7-4-2-1-3-5-7;6-5-1-3-7-4-2-5;1-2-3-4;/h3-6,10H,7H2;7-8H,1-6H2;1-4H;1,4H,3H2;1H. The topological polar surface area (TPSA) is 86.5 Å². The molecule has 0 aromatic carbocycles. The fourth-order valence-corrected chi connectivity index (χ4v) is 2.52. The van der Waals surface area contributed by atoms with E-state index in [2.05, 4.69) is 44.2 Å². The van der Waals surface area contributed by atoms with E-state index < -0.39 is 0 Å². The zero-order valence-corrected chi connectivity index (χ0v) is 19.4. The van der Waals surface area contributed by atoms with E-state index in [-0.39, 0.29) is 25.6 Å². The number of rotatable bonds is 1. The Bertz CT molecular complexity index is 710. The van der Waals surface area contributed by atoms with Crippen molar-refractivity contribution in [1.82, 2.24) is 9.97 Å². The number of pyridine rings is 2. The molecule has 2 aromatic rings. The van der Waals surface area contributed by atoms with Crippen molar-refractivity contribution in [1.29, 1.82) is 0 Å². The minimum absolute atomic E-state index is 0. The van der Waals surface area contributed by atoms with Gasteiger partial charge in [-0.05, 0) is 43.0 Å². The average Bonchev–Trinajstić information content (AvgIpc) is 2.80. The molecule has 5 nitrogen and oxygen atoms in total. The number of aliphatic hydroxyl groups excluding tert-OH is 3. The first-order valence-electron chi connectivity index (χ1n) is 9.38. The van der Waals surface area contributed by atoms with Crippen LogP contribution in [0.3, 0.4) is 0 Å². The first-order valence-corrected chi connectivity index (χ1v) is 10.2. The minimum Gasteiger partial charge on any atom is -0.396 e. The number of nitrogens with zero attached hydrogens (tertiary/aromatic N) is 2. The largest absolute Gasteiger partial charge is 0.396 e. The van der Waals surface area contributed by atoms with E-state index in [4.69, 9.17) is 15.3 Å². The third kappa shape index (κ3) is 19.4. The molecule has 3 rings (SSSR count). The number of hydrogen-bond donors (Lipinski definition) is 3. The van der Waals surface area contributed by atoms with Gasteiger partial charge in [-0.3, -0.25) is 9.97 Å². The van der Waals surface area contributed by atoms with Crippen molar-refractivity contribution in [2.24, 2.45) is 5.92 Å². The van der Waals surface area contributed by atoms with E-state index in [1.54, 1.807) is 36.9 Å². The van der Waals surface area contributed by atoms with E-state index in [0.29, 0.717) is 12.5 Å². The molecule has 0 radical (unpaired) electrons. The summed E-state index contributed by atoms with van der Waals surface area (Å²) in [6.45, 7) is 0.169. The Labute approximate surface area is 194 Å². The van der Waals surface area contributed by atoms with Crippen LogP contribution in [-0.4, -0.2) is 45.1 Å². The summed E-state index contributed by atoms with van der Waals surface area (Å²) in [7, 11) is 0. The van der Waals surface area contributed by atoms with Gasteiger partial charge in [-0.25, -0.2) is 0 Å². The minimum atomic E-state index is -0.153. The molecule has 0 amide bonds. The highest BCUT2D eigenvalue weighted by Gasteiger charge is 2.10. The normalized spacial score (nSPS) is 11.7. The molecular weight excluding hydrogens is 468 g/mol. The molecular formula is C23H30BrClN2O3. The van der Waals surface area contributed by atoms with E-state index in [1.807, 2.05) is 18.1 Å². The predicted octanol–water partition coefficient (Wildman–Crippen LogP) is 3.86. The summed E-state index contributed by atoms with van der Waals surface area (Å²) in [6.07, 6.45) is 17.9. The summed E-state index contributed by atoms with van der Waals surface area (Å²) in [5, 5.41) is 24.7. The molecule has 0 aliphatic heterocycles. The van der Waals surface area contributed by atoms with Crippen molar-refractivity contribution in [2.75, 3.05) is 19.8 Å². The van der Waals surface area contributed by atoms with Gasteiger partial charge in [0.05, 0.1) is 0 Å². The fraction of sp³-hybridized carbons (Fsp3) is 0.391. The summed E-state index contributed by atoms with van der Waals surface area (Å²) >= 11 is 3.27. The van der Waals surface area contributed by atoms with Gasteiger partial charge >= 0.3 is 0 Å². The van der Waals surface area contributed by atoms with Crippen LogP contribution >= 0.6 is 28.3 Å². The van der Waals surface area contributed by atoms with Crippen molar-refractivity contribution >= 4 is 28.3 Å². The lowest BCUT2D eigenvalue weighted by Crippen LogP contribution is -2.09. The molecule has 0 bridgehead atoms. The number of aliphatic hydroxyl groups is 3. The Kier molecular flexibility index (Phi) is 23.6. The maximum Gasteiger partial charge on any atom is 0.104 e. The van der Waals surface area contributed by atoms with E-state index in [1.165, 1.54) is 32.1 Å². The van der Waals surface area contributed by atoms with Gasteiger partial charge in [-0.1, -0.05) is 53.0 Å². The first-order chi connectivity index (χ1) is 14.2. The van der Waals surface area contributed by atoms with Crippen LogP contribution in [0.4, 0.5) is 0 Å².